The Balaban J connectivity index is 1.73. The molecule has 22 heavy (non-hydrogen) atoms. The highest BCUT2D eigenvalue weighted by Crippen LogP contribution is 2.22. The lowest BCUT2D eigenvalue weighted by Gasteiger charge is -2.40. The first kappa shape index (κ1) is 16.5. The molecule has 1 N–H and O–H groups in total. The summed E-state index contributed by atoms with van der Waals surface area (Å²) in [4.78, 5) is 22.2. The van der Waals surface area contributed by atoms with E-state index in [9.17, 15) is 4.79 Å². The highest BCUT2D eigenvalue weighted by atomic mass is 16.6. The van der Waals surface area contributed by atoms with Gasteiger partial charge in [0.25, 0.3) is 0 Å². The summed E-state index contributed by atoms with van der Waals surface area (Å²) in [6.45, 7) is 8.37. The molecule has 1 aromatic rings. The first-order valence-electron chi connectivity index (χ1n) is 7.39. The number of nitrogens with one attached hydrogen (secondary N) is 1. The summed E-state index contributed by atoms with van der Waals surface area (Å²) >= 11 is 0. The van der Waals surface area contributed by atoms with Crippen molar-refractivity contribution in [2.24, 2.45) is 5.92 Å². The molecule has 0 aliphatic carbocycles. The van der Waals surface area contributed by atoms with Crippen LogP contribution in [0.25, 0.3) is 0 Å². The third-order valence-electron chi connectivity index (χ3n) is 3.22. The molecular weight excluding hydrogens is 284 g/mol. The number of anilines is 1. The van der Waals surface area contributed by atoms with Gasteiger partial charge in [-0.15, -0.1) is 0 Å². The molecule has 0 spiro atoms. The van der Waals surface area contributed by atoms with Crippen LogP contribution in [0.4, 0.5) is 10.6 Å². The summed E-state index contributed by atoms with van der Waals surface area (Å²) < 4.78 is 10.3. The molecular formula is C15H24N4O3. The summed E-state index contributed by atoms with van der Waals surface area (Å²) in [5, 5.41) is 2.80. The van der Waals surface area contributed by atoms with Gasteiger partial charge >= 0.3 is 6.09 Å². The summed E-state index contributed by atoms with van der Waals surface area (Å²) in [6.07, 6.45) is 1.19. The second-order valence-electron chi connectivity index (χ2n) is 6.45. The van der Waals surface area contributed by atoms with Gasteiger partial charge in [-0.05, 0) is 20.8 Å². The van der Waals surface area contributed by atoms with Crippen molar-refractivity contribution in [3.8, 4) is 0 Å². The number of carbonyl (C=O) groups excluding carboxylic acids is 1. The maximum Gasteiger partial charge on any atom is 0.407 e. The van der Waals surface area contributed by atoms with Gasteiger partial charge in [0, 0.05) is 38.7 Å². The lowest BCUT2D eigenvalue weighted by Crippen LogP contribution is -2.52. The first-order chi connectivity index (χ1) is 10.4. The molecule has 1 amide bonds. The normalized spacial score (nSPS) is 15.4. The fourth-order valence-corrected chi connectivity index (χ4v) is 2.21. The Bertz CT molecular complexity index is 510. The fourth-order valence-electron chi connectivity index (χ4n) is 2.21. The minimum atomic E-state index is -0.464. The second-order valence-corrected chi connectivity index (χ2v) is 6.45. The zero-order valence-corrected chi connectivity index (χ0v) is 13.6. The van der Waals surface area contributed by atoms with E-state index in [2.05, 4.69) is 20.2 Å². The van der Waals surface area contributed by atoms with E-state index < -0.39 is 5.60 Å². The van der Waals surface area contributed by atoms with Crippen molar-refractivity contribution in [2.45, 2.75) is 33.0 Å². The summed E-state index contributed by atoms with van der Waals surface area (Å²) in [5.74, 6) is 1.31. The predicted octanol–water partition coefficient (Wildman–Crippen LogP) is 1.58. The largest absolute Gasteiger partial charge is 0.444 e. The quantitative estimate of drug-likeness (QED) is 0.890. The molecule has 0 aromatic carbocycles. The van der Waals surface area contributed by atoms with Crippen LogP contribution in [0.1, 0.15) is 26.5 Å². The second kappa shape index (κ2) is 6.91. The van der Waals surface area contributed by atoms with Gasteiger partial charge in [-0.25, -0.2) is 14.8 Å². The van der Waals surface area contributed by atoms with Crippen LogP contribution >= 0.6 is 0 Å². The van der Waals surface area contributed by atoms with E-state index in [0.29, 0.717) is 19.1 Å². The van der Waals surface area contributed by atoms with Crippen LogP contribution in [-0.2, 0) is 16.1 Å². The number of hydrogen-bond donors (Lipinski definition) is 1. The highest BCUT2D eigenvalue weighted by Gasteiger charge is 2.28. The molecule has 1 aliphatic heterocycles. The number of rotatable bonds is 5. The molecule has 122 valence electrons. The van der Waals surface area contributed by atoms with Crippen LogP contribution in [0.15, 0.2) is 12.4 Å². The summed E-state index contributed by atoms with van der Waals surface area (Å²) in [5.41, 5.74) is 0.400. The third-order valence-corrected chi connectivity index (χ3v) is 3.22. The molecule has 0 atom stereocenters. The van der Waals surface area contributed by atoms with E-state index in [4.69, 9.17) is 9.47 Å². The number of aromatic nitrogens is 2. The van der Waals surface area contributed by atoms with Crippen molar-refractivity contribution in [1.29, 1.82) is 0 Å². The zero-order chi connectivity index (χ0) is 16.2. The minimum absolute atomic E-state index is 0.365. The number of carbonyl (C=O) groups is 1. The highest BCUT2D eigenvalue weighted by molar-refractivity contribution is 5.67. The topological polar surface area (TPSA) is 76.6 Å². The molecule has 1 saturated heterocycles. The molecule has 0 bridgehead atoms. The molecule has 1 aliphatic rings. The molecule has 1 fully saturated rings. The molecule has 7 nitrogen and oxygen atoms in total. The number of hydrogen-bond acceptors (Lipinski definition) is 6. The Labute approximate surface area is 131 Å². The van der Waals surface area contributed by atoms with E-state index in [0.717, 1.165) is 24.6 Å². The molecule has 7 heteroatoms. The van der Waals surface area contributed by atoms with Crippen molar-refractivity contribution < 1.29 is 14.3 Å². The average Bonchev–Trinajstić information content (AvgIpc) is 2.35. The molecule has 2 heterocycles. The Morgan fingerprint density at radius 2 is 2.14 bits per heavy atom. The number of methoxy groups -OCH3 is 1. The summed E-state index contributed by atoms with van der Waals surface area (Å²) in [7, 11) is 1.64. The predicted molar refractivity (Wildman–Crippen MR) is 82.7 cm³/mol. The first-order valence-corrected chi connectivity index (χ1v) is 7.39. The van der Waals surface area contributed by atoms with Crippen LogP contribution in [0.5, 0.6) is 0 Å². The van der Waals surface area contributed by atoms with Crippen molar-refractivity contribution in [2.75, 3.05) is 31.6 Å². The van der Waals surface area contributed by atoms with E-state index in [1.54, 1.807) is 13.4 Å². The standard InChI is InChI=1S/C15H24N4O3/c1-15(2,3)22-14(20)16-6-11-7-19(8-11)13-5-12(9-21-4)17-10-18-13/h5,10-11H,6-9H2,1-4H3,(H,16,20). The maximum absolute atomic E-state index is 11.6. The van der Waals surface area contributed by atoms with Crippen LogP contribution in [0, 0.1) is 5.92 Å². The zero-order valence-electron chi connectivity index (χ0n) is 13.6. The third kappa shape index (κ3) is 4.84. The molecule has 0 saturated carbocycles. The molecule has 0 radical (unpaired) electrons. The van der Waals surface area contributed by atoms with Gasteiger partial charge in [0.1, 0.15) is 17.7 Å². The van der Waals surface area contributed by atoms with Crippen LogP contribution in [-0.4, -0.2) is 48.4 Å². The Morgan fingerprint density at radius 3 is 2.77 bits per heavy atom. The van der Waals surface area contributed by atoms with Crippen molar-refractivity contribution in [3.63, 3.8) is 0 Å². The monoisotopic (exact) mass is 308 g/mol. The van der Waals surface area contributed by atoms with Crippen LogP contribution in [0.3, 0.4) is 0 Å². The van der Waals surface area contributed by atoms with E-state index in [-0.39, 0.29) is 6.09 Å². The van der Waals surface area contributed by atoms with Crippen LogP contribution < -0.4 is 10.2 Å². The van der Waals surface area contributed by atoms with Gasteiger partial charge in [-0.3, -0.25) is 0 Å². The lowest BCUT2D eigenvalue weighted by molar-refractivity contribution is 0.0516. The van der Waals surface area contributed by atoms with E-state index in [1.807, 2.05) is 26.8 Å². The number of alkyl carbamates (subject to hydrolysis) is 1. The Kier molecular flexibility index (Phi) is 5.18. The lowest BCUT2D eigenvalue weighted by atomic mass is 10.0. The molecule has 1 aromatic heterocycles. The van der Waals surface area contributed by atoms with Crippen molar-refractivity contribution in [3.05, 3.63) is 18.1 Å². The van der Waals surface area contributed by atoms with Crippen molar-refractivity contribution in [1.82, 2.24) is 15.3 Å². The average molecular weight is 308 g/mol. The minimum Gasteiger partial charge on any atom is -0.444 e. The van der Waals surface area contributed by atoms with E-state index in [1.165, 1.54) is 0 Å². The van der Waals surface area contributed by atoms with E-state index >= 15 is 0 Å². The maximum atomic E-state index is 11.6. The van der Waals surface area contributed by atoms with Gasteiger partial charge in [0.05, 0.1) is 12.3 Å². The number of nitrogens with zero attached hydrogens (tertiary/aromatic N) is 3. The van der Waals surface area contributed by atoms with Crippen molar-refractivity contribution >= 4 is 11.9 Å². The van der Waals surface area contributed by atoms with Gasteiger partial charge < -0.3 is 19.7 Å². The smallest absolute Gasteiger partial charge is 0.407 e. The summed E-state index contributed by atoms with van der Waals surface area (Å²) in [6, 6.07) is 1.93. The number of amides is 1. The van der Waals surface area contributed by atoms with Gasteiger partial charge in [0.15, 0.2) is 0 Å². The fraction of sp³-hybridized carbons (Fsp3) is 0.667. The Morgan fingerprint density at radius 1 is 1.41 bits per heavy atom. The van der Waals surface area contributed by atoms with Crippen LogP contribution in [0.2, 0.25) is 0 Å². The van der Waals surface area contributed by atoms with Gasteiger partial charge in [-0.1, -0.05) is 0 Å². The SMILES string of the molecule is COCc1cc(N2CC(CNC(=O)OC(C)(C)C)C2)ncn1. The Hall–Kier alpha value is -1.89. The molecule has 0 unspecified atom stereocenters. The van der Waals surface area contributed by atoms with Gasteiger partial charge in [0.2, 0.25) is 0 Å². The van der Waals surface area contributed by atoms with Gasteiger partial charge in [-0.2, -0.15) is 0 Å². The molecule has 2 rings (SSSR count). The number of ether oxygens (including phenoxy) is 2.